The third kappa shape index (κ3) is 8.70. The molecule has 0 unspecified atom stereocenters. The van der Waals surface area contributed by atoms with Crippen molar-refractivity contribution >= 4 is 39.1 Å². The van der Waals surface area contributed by atoms with Crippen molar-refractivity contribution in [1.29, 1.82) is 0 Å². The average molecular weight is 656 g/mol. The van der Waals surface area contributed by atoms with Crippen molar-refractivity contribution in [3.8, 4) is 11.5 Å². The molecule has 9 nitrogen and oxygen atoms in total. The lowest BCUT2D eigenvalue weighted by atomic mass is 9.95. The maximum absolute atomic E-state index is 14.3. The summed E-state index contributed by atoms with van der Waals surface area (Å²) in [5.41, 5.74) is 1.26. The van der Waals surface area contributed by atoms with Crippen LogP contribution in [-0.4, -0.2) is 64.5 Å². The van der Waals surface area contributed by atoms with Gasteiger partial charge in [0.1, 0.15) is 12.6 Å². The van der Waals surface area contributed by atoms with Crippen LogP contribution in [0.15, 0.2) is 77.7 Å². The maximum atomic E-state index is 14.3. The fourth-order valence-electron chi connectivity index (χ4n) is 5.68. The van der Waals surface area contributed by atoms with Crippen LogP contribution < -0.4 is 19.1 Å². The summed E-state index contributed by atoms with van der Waals surface area (Å²) in [6, 6.07) is 19.5. The van der Waals surface area contributed by atoms with Crippen molar-refractivity contribution in [2.24, 2.45) is 0 Å². The zero-order chi connectivity index (χ0) is 32.4. The summed E-state index contributed by atoms with van der Waals surface area (Å²) in [4.78, 5) is 29.4. The highest BCUT2D eigenvalue weighted by molar-refractivity contribution is 7.92. The molecule has 0 aliphatic heterocycles. The fraction of sp³-hybridized carbons (Fsp3) is 0.412. The van der Waals surface area contributed by atoms with E-state index >= 15 is 0 Å². The molecule has 242 valence electrons. The van der Waals surface area contributed by atoms with Crippen molar-refractivity contribution in [2.45, 2.75) is 68.8 Å². The highest BCUT2D eigenvalue weighted by atomic mass is 35.5. The summed E-state index contributed by atoms with van der Waals surface area (Å²) in [6.45, 7) is 1.58. The van der Waals surface area contributed by atoms with E-state index in [2.05, 4.69) is 5.32 Å². The van der Waals surface area contributed by atoms with E-state index in [1.165, 1.54) is 37.3 Å². The Kier molecular flexibility index (Phi) is 12.1. The van der Waals surface area contributed by atoms with Crippen molar-refractivity contribution in [2.75, 3.05) is 31.6 Å². The van der Waals surface area contributed by atoms with E-state index in [1.54, 1.807) is 24.3 Å². The number of rotatable bonds is 14. The molecule has 1 aliphatic rings. The van der Waals surface area contributed by atoms with Gasteiger partial charge in [-0.3, -0.25) is 13.9 Å². The Morgan fingerprint density at radius 3 is 2.22 bits per heavy atom. The molecular formula is C34H42ClN3O6S. The summed E-state index contributed by atoms with van der Waals surface area (Å²) in [7, 11) is -1.41. The van der Waals surface area contributed by atoms with E-state index in [9.17, 15) is 18.0 Å². The minimum absolute atomic E-state index is 0.0716. The first-order valence-corrected chi connectivity index (χ1v) is 17.1. The van der Waals surface area contributed by atoms with Gasteiger partial charge < -0.3 is 19.7 Å². The van der Waals surface area contributed by atoms with Gasteiger partial charge in [0, 0.05) is 23.7 Å². The zero-order valence-corrected chi connectivity index (χ0v) is 27.6. The Morgan fingerprint density at radius 2 is 1.60 bits per heavy atom. The Labute approximate surface area is 271 Å². The highest BCUT2D eigenvalue weighted by Crippen LogP contribution is 2.33. The molecule has 1 aliphatic carbocycles. The molecule has 0 heterocycles. The number of nitrogens with one attached hydrogen (secondary N) is 1. The number of benzene rings is 3. The van der Waals surface area contributed by atoms with Gasteiger partial charge in [-0.15, -0.1) is 0 Å². The van der Waals surface area contributed by atoms with Crippen LogP contribution in [0.3, 0.4) is 0 Å². The largest absolute Gasteiger partial charge is 0.493 e. The summed E-state index contributed by atoms with van der Waals surface area (Å²) in [5.74, 6) is -0.106. The molecule has 3 aromatic carbocycles. The quantitative estimate of drug-likeness (QED) is 0.234. The number of halogens is 1. The van der Waals surface area contributed by atoms with Crippen molar-refractivity contribution in [3.05, 3.63) is 83.4 Å². The average Bonchev–Trinajstić information content (AvgIpc) is 3.06. The Balaban J connectivity index is 1.69. The van der Waals surface area contributed by atoms with Gasteiger partial charge in [0.05, 0.1) is 24.8 Å². The summed E-state index contributed by atoms with van der Waals surface area (Å²) >= 11 is 6.13. The molecule has 45 heavy (non-hydrogen) atoms. The summed E-state index contributed by atoms with van der Waals surface area (Å²) in [6.07, 6.45) is 5.97. The van der Waals surface area contributed by atoms with Crippen molar-refractivity contribution < 1.29 is 27.5 Å². The number of anilines is 1. The van der Waals surface area contributed by atoms with E-state index in [4.69, 9.17) is 21.1 Å². The van der Waals surface area contributed by atoms with Crippen LogP contribution in [0.2, 0.25) is 5.02 Å². The zero-order valence-electron chi connectivity index (χ0n) is 26.1. The molecule has 0 bridgehead atoms. The predicted octanol–water partition coefficient (Wildman–Crippen LogP) is 5.85. The van der Waals surface area contributed by atoms with Gasteiger partial charge in [-0.1, -0.05) is 68.1 Å². The minimum Gasteiger partial charge on any atom is -0.493 e. The predicted molar refractivity (Wildman–Crippen MR) is 176 cm³/mol. The Morgan fingerprint density at radius 1 is 0.933 bits per heavy atom. The van der Waals surface area contributed by atoms with Crippen LogP contribution in [-0.2, 0) is 26.0 Å². The fourth-order valence-corrected chi connectivity index (χ4v) is 7.24. The van der Waals surface area contributed by atoms with E-state index in [-0.39, 0.29) is 34.8 Å². The third-order valence-corrected chi connectivity index (χ3v) is 10.2. The number of nitrogens with zero attached hydrogens (tertiary/aromatic N) is 2. The SMILES string of the molecule is CC[C@H](C(=O)NC1CCCCC1)N(CCc1ccccc1)C(=O)CN(c1ccc(Cl)cc1)S(=O)(=O)c1ccc(OC)c(OC)c1. The lowest BCUT2D eigenvalue weighted by molar-refractivity contribution is -0.140. The van der Waals surface area contributed by atoms with Crippen molar-refractivity contribution in [1.82, 2.24) is 10.2 Å². The molecule has 0 saturated heterocycles. The number of ether oxygens (including phenoxy) is 2. The number of carbonyl (C=O) groups is 2. The number of hydrogen-bond acceptors (Lipinski definition) is 6. The van der Waals surface area contributed by atoms with Crippen LogP contribution >= 0.6 is 11.6 Å². The number of methoxy groups -OCH3 is 2. The molecule has 3 aromatic rings. The molecule has 1 N–H and O–H groups in total. The van der Waals surface area contributed by atoms with Crippen LogP contribution in [0.5, 0.6) is 11.5 Å². The summed E-state index contributed by atoms with van der Waals surface area (Å²) in [5, 5.41) is 3.59. The van der Waals surface area contributed by atoms with Gasteiger partial charge in [0.2, 0.25) is 11.8 Å². The lowest BCUT2D eigenvalue weighted by Crippen LogP contribution is -2.54. The van der Waals surface area contributed by atoms with Gasteiger partial charge in [0.25, 0.3) is 10.0 Å². The molecule has 1 atom stereocenters. The summed E-state index contributed by atoms with van der Waals surface area (Å²) < 4.78 is 40.1. The second kappa shape index (κ2) is 16.0. The van der Waals surface area contributed by atoms with E-state index < -0.39 is 28.5 Å². The minimum atomic E-state index is -4.29. The Hall–Kier alpha value is -3.76. The van der Waals surface area contributed by atoms with Crippen LogP contribution in [0.4, 0.5) is 5.69 Å². The van der Waals surface area contributed by atoms with Crippen molar-refractivity contribution in [3.63, 3.8) is 0 Å². The van der Waals surface area contributed by atoms with Gasteiger partial charge in [-0.2, -0.15) is 0 Å². The van der Waals surface area contributed by atoms with Gasteiger partial charge >= 0.3 is 0 Å². The number of sulfonamides is 1. The first-order chi connectivity index (χ1) is 21.7. The monoisotopic (exact) mass is 655 g/mol. The van der Waals surface area contributed by atoms with E-state index in [0.29, 0.717) is 23.6 Å². The molecule has 1 saturated carbocycles. The molecule has 4 rings (SSSR count). The standard InChI is InChI=1S/C34H42ClN3O6S/c1-4-30(34(40)36-27-13-9-6-10-14-27)37(22-21-25-11-7-5-8-12-25)33(39)24-38(28-17-15-26(35)16-18-28)45(41,42)29-19-20-31(43-2)32(23-29)44-3/h5,7-8,11-12,15-20,23,27,30H,4,6,9-10,13-14,21-22,24H2,1-3H3,(H,36,40)/t30-/m1/s1. The number of carbonyl (C=O) groups excluding carboxylic acids is 2. The maximum Gasteiger partial charge on any atom is 0.264 e. The van der Waals surface area contributed by atoms with E-state index in [1.807, 2.05) is 37.3 Å². The van der Waals surface area contributed by atoms with E-state index in [0.717, 1.165) is 42.0 Å². The topological polar surface area (TPSA) is 105 Å². The van der Waals surface area contributed by atoms with Crippen LogP contribution in [0, 0.1) is 0 Å². The Bertz CT molecular complexity index is 1530. The number of amides is 2. The molecule has 0 radical (unpaired) electrons. The van der Waals surface area contributed by atoms with Crippen LogP contribution in [0.25, 0.3) is 0 Å². The molecule has 2 amide bonds. The van der Waals surface area contributed by atoms with Gasteiger partial charge in [-0.05, 0) is 67.6 Å². The van der Waals surface area contributed by atoms with Gasteiger partial charge in [-0.25, -0.2) is 8.42 Å². The molecular weight excluding hydrogens is 614 g/mol. The second-order valence-electron chi connectivity index (χ2n) is 11.1. The number of hydrogen-bond donors (Lipinski definition) is 1. The normalized spacial score (nSPS) is 14.3. The molecule has 0 aromatic heterocycles. The highest BCUT2D eigenvalue weighted by Gasteiger charge is 2.34. The smallest absolute Gasteiger partial charge is 0.264 e. The first-order valence-electron chi connectivity index (χ1n) is 15.3. The molecule has 11 heteroatoms. The van der Waals surface area contributed by atoms with Crippen LogP contribution in [0.1, 0.15) is 51.0 Å². The molecule has 0 spiro atoms. The van der Waals surface area contributed by atoms with Gasteiger partial charge in [0.15, 0.2) is 11.5 Å². The third-order valence-electron chi connectivity index (χ3n) is 8.16. The molecule has 1 fully saturated rings. The first kappa shape index (κ1) is 34.1. The lowest BCUT2D eigenvalue weighted by Gasteiger charge is -2.34. The second-order valence-corrected chi connectivity index (χ2v) is 13.4.